The van der Waals surface area contributed by atoms with Crippen LogP contribution in [0.3, 0.4) is 0 Å². The lowest BCUT2D eigenvalue weighted by atomic mass is 10.3. The summed E-state index contributed by atoms with van der Waals surface area (Å²) in [4.78, 5) is 45.1. The van der Waals surface area contributed by atoms with Crippen LogP contribution in [-0.2, 0) is 19.2 Å². The molecule has 34 heavy (non-hydrogen) atoms. The number of carbonyl (C=O) groups excluding carboxylic acids is 4. The second-order valence-corrected chi connectivity index (χ2v) is 8.12. The number of phenolic OH excluding ortho intramolecular Hbond substituents is 2. The minimum absolute atomic E-state index is 0.187. The van der Waals surface area contributed by atoms with Crippen molar-refractivity contribution in [1.82, 2.24) is 21.7 Å². The molecule has 10 nitrogen and oxygen atoms in total. The SMILES string of the molecule is C=C.CC(=O)NNC(=O)CSc1ccc(O)cc1.CC(=O)NNC(=O)CSc1ccc(O)cc1. The molecular formula is C22H28N4O6S2. The molecule has 0 aliphatic heterocycles. The van der Waals surface area contributed by atoms with Gasteiger partial charge < -0.3 is 10.2 Å². The van der Waals surface area contributed by atoms with Gasteiger partial charge in [-0.05, 0) is 48.5 Å². The van der Waals surface area contributed by atoms with Crippen LogP contribution in [0.5, 0.6) is 11.5 Å². The summed E-state index contributed by atoms with van der Waals surface area (Å²) < 4.78 is 0. The summed E-state index contributed by atoms with van der Waals surface area (Å²) >= 11 is 2.63. The van der Waals surface area contributed by atoms with E-state index in [1.165, 1.54) is 37.4 Å². The van der Waals surface area contributed by atoms with Gasteiger partial charge in [-0.1, -0.05) is 0 Å². The summed E-state index contributed by atoms with van der Waals surface area (Å²) in [7, 11) is 0. The Balaban J connectivity index is 0.000000597. The van der Waals surface area contributed by atoms with Crippen molar-refractivity contribution < 1.29 is 29.4 Å². The van der Waals surface area contributed by atoms with Crippen LogP contribution in [0.4, 0.5) is 0 Å². The lowest BCUT2D eigenvalue weighted by molar-refractivity contribution is -0.126. The summed E-state index contributed by atoms with van der Waals surface area (Å²) in [5.74, 6) is -0.428. The molecule has 2 aromatic carbocycles. The van der Waals surface area contributed by atoms with Crippen LogP contribution in [0.1, 0.15) is 13.8 Å². The monoisotopic (exact) mass is 508 g/mol. The molecule has 0 atom stereocenters. The molecule has 0 aliphatic carbocycles. The quantitative estimate of drug-likeness (QED) is 0.197. The molecule has 184 valence electrons. The van der Waals surface area contributed by atoms with Crippen LogP contribution >= 0.6 is 23.5 Å². The van der Waals surface area contributed by atoms with Crippen molar-refractivity contribution in [3.8, 4) is 11.5 Å². The van der Waals surface area contributed by atoms with Crippen molar-refractivity contribution >= 4 is 47.2 Å². The Morgan fingerprint density at radius 2 is 0.941 bits per heavy atom. The van der Waals surface area contributed by atoms with E-state index < -0.39 is 0 Å². The Kier molecular flexibility index (Phi) is 15.9. The van der Waals surface area contributed by atoms with Gasteiger partial charge in [-0.15, -0.1) is 36.7 Å². The number of rotatable bonds is 6. The summed E-state index contributed by atoms with van der Waals surface area (Å²) in [6.45, 7) is 8.63. The molecule has 12 heteroatoms. The average molecular weight is 509 g/mol. The smallest absolute Gasteiger partial charge is 0.248 e. The summed E-state index contributed by atoms with van der Waals surface area (Å²) in [5.41, 5.74) is 8.91. The highest BCUT2D eigenvalue weighted by Crippen LogP contribution is 2.21. The number of phenols is 2. The van der Waals surface area contributed by atoms with Crippen LogP contribution in [0, 0.1) is 0 Å². The van der Waals surface area contributed by atoms with Gasteiger partial charge in [0.05, 0.1) is 11.5 Å². The molecule has 4 amide bonds. The van der Waals surface area contributed by atoms with Crippen LogP contribution in [0.2, 0.25) is 0 Å². The molecule has 0 radical (unpaired) electrons. The molecule has 0 bridgehead atoms. The number of aromatic hydroxyl groups is 2. The summed E-state index contributed by atoms with van der Waals surface area (Å²) in [6, 6.07) is 13.1. The van der Waals surface area contributed by atoms with E-state index in [-0.39, 0.29) is 46.6 Å². The number of benzene rings is 2. The molecule has 0 saturated heterocycles. The van der Waals surface area contributed by atoms with Gasteiger partial charge in [0.2, 0.25) is 23.6 Å². The van der Waals surface area contributed by atoms with Gasteiger partial charge in [-0.25, -0.2) is 0 Å². The van der Waals surface area contributed by atoms with Gasteiger partial charge in [0.15, 0.2) is 0 Å². The first kappa shape index (κ1) is 30.4. The van der Waals surface area contributed by atoms with Crippen LogP contribution in [-0.4, -0.2) is 45.3 Å². The number of carbonyl (C=O) groups is 4. The molecule has 0 heterocycles. The first-order valence-electron chi connectivity index (χ1n) is 9.60. The number of hydrazine groups is 2. The zero-order chi connectivity index (χ0) is 25.9. The van der Waals surface area contributed by atoms with Crippen molar-refractivity contribution in [2.24, 2.45) is 0 Å². The fourth-order valence-electron chi connectivity index (χ4n) is 1.77. The zero-order valence-corrected chi connectivity index (χ0v) is 20.4. The van der Waals surface area contributed by atoms with E-state index in [0.717, 1.165) is 9.79 Å². The van der Waals surface area contributed by atoms with Gasteiger partial charge in [0.1, 0.15) is 11.5 Å². The summed E-state index contributed by atoms with van der Waals surface area (Å²) in [5, 5.41) is 18.1. The number of hydrogen-bond acceptors (Lipinski definition) is 8. The van der Waals surface area contributed by atoms with Gasteiger partial charge >= 0.3 is 0 Å². The maximum absolute atomic E-state index is 11.2. The molecule has 0 unspecified atom stereocenters. The molecule has 2 aromatic rings. The highest BCUT2D eigenvalue weighted by molar-refractivity contribution is 8.00. The van der Waals surface area contributed by atoms with Gasteiger partial charge in [-0.2, -0.15) is 0 Å². The Labute approximate surface area is 206 Å². The van der Waals surface area contributed by atoms with Gasteiger partial charge in [0, 0.05) is 23.6 Å². The minimum Gasteiger partial charge on any atom is -0.508 e. The van der Waals surface area contributed by atoms with E-state index in [1.807, 2.05) is 0 Å². The van der Waals surface area contributed by atoms with Crippen molar-refractivity contribution in [1.29, 1.82) is 0 Å². The average Bonchev–Trinajstić information content (AvgIpc) is 2.82. The standard InChI is InChI=1S/2C10H12N2O3S.C2H4/c2*1-7(13)11-12-10(15)6-16-9-4-2-8(14)3-5-9;1-2/h2*2-5,14H,6H2,1H3,(H,11,13)(H,12,15);1-2H2. The van der Waals surface area contributed by atoms with E-state index in [1.54, 1.807) is 48.5 Å². The minimum atomic E-state index is -0.317. The maximum Gasteiger partial charge on any atom is 0.248 e. The zero-order valence-electron chi connectivity index (χ0n) is 18.8. The molecule has 0 saturated carbocycles. The fourth-order valence-corrected chi connectivity index (χ4v) is 3.17. The number of hydrogen-bond donors (Lipinski definition) is 6. The lowest BCUT2D eigenvalue weighted by Gasteiger charge is -2.04. The third-order valence-corrected chi connectivity index (χ3v) is 5.19. The van der Waals surface area contributed by atoms with Crippen LogP contribution < -0.4 is 21.7 Å². The van der Waals surface area contributed by atoms with E-state index in [2.05, 4.69) is 34.9 Å². The Hall–Kier alpha value is -3.64. The van der Waals surface area contributed by atoms with Crippen molar-refractivity contribution in [2.75, 3.05) is 11.5 Å². The molecule has 6 N–H and O–H groups in total. The topological polar surface area (TPSA) is 157 Å². The summed E-state index contributed by atoms with van der Waals surface area (Å²) in [6.07, 6.45) is 0. The first-order chi connectivity index (χ1) is 16.2. The normalized spacial score (nSPS) is 9.12. The Morgan fingerprint density at radius 1 is 0.647 bits per heavy atom. The van der Waals surface area contributed by atoms with E-state index in [9.17, 15) is 19.2 Å². The van der Waals surface area contributed by atoms with Crippen molar-refractivity contribution in [3.05, 3.63) is 61.7 Å². The second-order valence-electron chi connectivity index (χ2n) is 6.02. The van der Waals surface area contributed by atoms with E-state index in [0.29, 0.717) is 0 Å². The maximum atomic E-state index is 11.2. The molecule has 0 aromatic heterocycles. The third-order valence-electron chi connectivity index (χ3n) is 3.17. The molecule has 0 spiro atoms. The number of amides is 4. The third kappa shape index (κ3) is 16.1. The molecule has 2 rings (SSSR count). The molecule has 0 fully saturated rings. The predicted octanol–water partition coefficient (Wildman–Crippen LogP) is 2.11. The largest absolute Gasteiger partial charge is 0.508 e. The fraction of sp³-hybridized carbons (Fsp3) is 0.182. The Bertz CT molecular complexity index is 848. The highest BCUT2D eigenvalue weighted by Gasteiger charge is 2.04. The van der Waals surface area contributed by atoms with Crippen molar-refractivity contribution in [3.63, 3.8) is 0 Å². The molecular weight excluding hydrogens is 480 g/mol. The van der Waals surface area contributed by atoms with Crippen LogP contribution in [0.15, 0.2) is 71.5 Å². The second kappa shape index (κ2) is 17.9. The lowest BCUT2D eigenvalue weighted by Crippen LogP contribution is -2.41. The van der Waals surface area contributed by atoms with Crippen molar-refractivity contribution in [2.45, 2.75) is 23.6 Å². The van der Waals surface area contributed by atoms with Gasteiger partial charge in [0.25, 0.3) is 0 Å². The number of thioether (sulfide) groups is 2. The predicted molar refractivity (Wildman–Crippen MR) is 133 cm³/mol. The van der Waals surface area contributed by atoms with E-state index in [4.69, 9.17) is 10.2 Å². The van der Waals surface area contributed by atoms with Gasteiger partial charge in [-0.3, -0.25) is 40.9 Å². The highest BCUT2D eigenvalue weighted by atomic mass is 32.2. The first-order valence-corrected chi connectivity index (χ1v) is 11.6. The van der Waals surface area contributed by atoms with E-state index >= 15 is 0 Å². The van der Waals surface area contributed by atoms with Crippen LogP contribution in [0.25, 0.3) is 0 Å². The molecule has 0 aliphatic rings. The Morgan fingerprint density at radius 3 is 1.21 bits per heavy atom. The number of nitrogens with one attached hydrogen (secondary N) is 4.